The minimum atomic E-state index is -0.600. The largest absolute Gasteiger partial charge is 0.483 e. The fourth-order valence-corrected chi connectivity index (χ4v) is 3.95. The Morgan fingerprint density at radius 2 is 1.77 bits per heavy atom. The number of nitrogens with one attached hydrogen (secondary N) is 1. The van der Waals surface area contributed by atoms with Crippen molar-refractivity contribution in [3.8, 4) is 5.75 Å². The van der Waals surface area contributed by atoms with Crippen molar-refractivity contribution in [1.82, 2.24) is 10.2 Å². The lowest BCUT2D eigenvalue weighted by molar-refractivity contribution is -0.143. The zero-order valence-corrected chi connectivity index (χ0v) is 20.8. The Morgan fingerprint density at radius 1 is 1.10 bits per heavy atom. The first kappa shape index (κ1) is 25.5. The minimum absolute atomic E-state index is 0.161. The van der Waals surface area contributed by atoms with Crippen molar-refractivity contribution in [2.75, 3.05) is 13.2 Å². The van der Waals surface area contributed by atoms with E-state index in [9.17, 15) is 9.59 Å². The minimum Gasteiger partial charge on any atom is -0.483 e. The molecule has 0 saturated carbocycles. The van der Waals surface area contributed by atoms with Crippen molar-refractivity contribution < 1.29 is 14.3 Å². The lowest BCUT2D eigenvalue weighted by Crippen LogP contribution is -2.50. The number of hydrogen-bond donors (Lipinski definition) is 1. The molecule has 168 valence electrons. The van der Waals surface area contributed by atoms with Crippen LogP contribution in [0.4, 0.5) is 0 Å². The molecule has 0 aliphatic heterocycles. The Morgan fingerprint density at radius 3 is 2.39 bits per heavy atom. The molecule has 0 unspecified atom stereocenters. The molecule has 0 aliphatic carbocycles. The molecule has 0 radical (unpaired) electrons. The molecule has 2 aromatic rings. The van der Waals surface area contributed by atoms with E-state index in [1.54, 1.807) is 35.2 Å². The first-order valence-electron chi connectivity index (χ1n) is 10.2. The molecule has 1 N–H and O–H groups in total. The van der Waals surface area contributed by atoms with E-state index in [0.717, 1.165) is 18.4 Å². The van der Waals surface area contributed by atoms with Crippen LogP contribution in [0.3, 0.4) is 0 Å². The summed E-state index contributed by atoms with van der Waals surface area (Å²) in [6.07, 6.45) is 2.36. The van der Waals surface area contributed by atoms with Crippen LogP contribution in [0.1, 0.15) is 38.7 Å². The molecule has 0 aromatic heterocycles. The molecular weight excluding hydrogens is 503 g/mol. The molecule has 31 heavy (non-hydrogen) atoms. The predicted molar refractivity (Wildman–Crippen MR) is 129 cm³/mol. The van der Waals surface area contributed by atoms with Crippen molar-refractivity contribution in [3.05, 3.63) is 62.5 Å². The zero-order valence-electron chi connectivity index (χ0n) is 17.7. The normalized spacial score (nSPS) is 11.6. The molecule has 0 saturated heterocycles. The summed E-state index contributed by atoms with van der Waals surface area (Å²) in [5.41, 5.74) is 0.880. The summed E-state index contributed by atoms with van der Waals surface area (Å²) in [6.45, 7) is 4.62. The van der Waals surface area contributed by atoms with Gasteiger partial charge in [0.05, 0.1) is 4.47 Å². The van der Waals surface area contributed by atoms with Crippen LogP contribution in [0.25, 0.3) is 0 Å². The quantitative estimate of drug-likeness (QED) is 0.371. The van der Waals surface area contributed by atoms with Crippen LogP contribution >= 0.6 is 39.1 Å². The summed E-state index contributed by atoms with van der Waals surface area (Å²) in [5.74, 6) is 0.0601. The molecule has 0 bridgehead atoms. The smallest absolute Gasteiger partial charge is 0.261 e. The average Bonchev–Trinajstić information content (AvgIpc) is 2.74. The van der Waals surface area contributed by atoms with Crippen LogP contribution in [-0.2, 0) is 16.1 Å². The van der Waals surface area contributed by atoms with E-state index in [1.165, 1.54) is 0 Å². The van der Waals surface area contributed by atoms with Crippen LogP contribution in [-0.4, -0.2) is 35.9 Å². The van der Waals surface area contributed by atoms with Crippen LogP contribution in [0.2, 0.25) is 10.0 Å². The second kappa shape index (κ2) is 12.9. The van der Waals surface area contributed by atoms with Crippen LogP contribution in [0.15, 0.2) is 46.9 Å². The fraction of sp³-hybridized carbons (Fsp3) is 0.391. The third kappa shape index (κ3) is 8.02. The van der Waals surface area contributed by atoms with Crippen LogP contribution < -0.4 is 10.1 Å². The van der Waals surface area contributed by atoms with Crippen molar-refractivity contribution in [3.63, 3.8) is 0 Å². The second-order valence-electron chi connectivity index (χ2n) is 7.08. The lowest BCUT2D eigenvalue weighted by Gasteiger charge is -2.30. The summed E-state index contributed by atoms with van der Waals surface area (Å²) in [4.78, 5) is 27.5. The van der Waals surface area contributed by atoms with Crippen molar-refractivity contribution in [2.24, 2.45) is 0 Å². The number of rotatable bonds is 11. The molecule has 8 heteroatoms. The highest BCUT2D eigenvalue weighted by atomic mass is 79.9. The Balaban J connectivity index is 2.18. The van der Waals surface area contributed by atoms with Gasteiger partial charge in [0, 0.05) is 23.1 Å². The first-order chi connectivity index (χ1) is 14.8. The van der Waals surface area contributed by atoms with Crippen molar-refractivity contribution in [2.45, 2.75) is 45.7 Å². The molecule has 0 fully saturated rings. The SMILES string of the molecule is CCCCNC(=O)[C@H](CC)N(Cc1ccc(Cl)cc1)C(=O)COc1ccc(Cl)cc1Br. The van der Waals surface area contributed by atoms with Gasteiger partial charge in [-0.25, -0.2) is 0 Å². The maximum Gasteiger partial charge on any atom is 0.261 e. The number of nitrogens with zero attached hydrogens (tertiary/aromatic N) is 1. The third-order valence-electron chi connectivity index (χ3n) is 4.73. The van der Waals surface area contributed by atoms with E-state index in [0.29, 0.717) is 33.2 Å². The van der Waals surface area contributed by atoms with Gasteiger partial charge in [-0.2, -0.15) is 0 Å². The summed E-state index contributed by atoms with van der Waals surface area (Å²) >= 11 is 15.3. The second-order valence-corrected chi connectivity index (χ2v) is 8.81. The first-order valence-corrected chi connectivity index (χ1v) is 11.8. The molecular formula is C23H27BrCl2N2O3. The summed E-state index contributed by atoms with van der Waals surface area (Å²) in [5, 5.41) is 4.11. The highest BCUT2D eigenvalue weighted by Crippen LogP contribution is 2.28. The summed E-state index contributed by atoms with van der Waals surface area (Å²) in [7, 11) is 0. The van der Waals surface area contributed by atoms with E-state index >= 15 is 0 Å². The lowest BCUT2D eigenvalue weighted by atomic mass is 10.1. The van der Waals surface area contributed by atoms with E-state index in [-0.39, 0.29) is 25.0 Å². The third-order valence-corrected chi connectivity index (χ3v) is 5.83. The van der Waals surface area contributed by atoms with Gasteiger partial charge in [-0.15, -0.1) is 0 Å². The monoisotopic (exact) mass is 528 g/mol. The van der Waals surface area contributed by atoms with Crippen LogP contribution in [0, 0.1) is 0 Å². The van der Waals surface area contributed by atoms with Gasteiger partial charge in [-0.05, 0) is 64.7 Å². The number of hydrogen-bond acceptors (Lipinski definition) is 3. The Bertz CT molecular complexity index is 878. The van der Waals surface area contributed by atoms with E-state index in [4.69, 9.17) is 27.9 Å². The van der Waals surface area contributed by atoms with Gasteiger partial charge < -0.3 is 15.0 Å². The van der Waals surface area contributed by atoms with Crippen molar-refractivity contribution >= 4 is 50.9 Å². The highest BCUT2D eigenvalue weighted by molar-refractivity contribution is 9.10. The Kier molecular flexibility index (Phi) is 10.6. The van der Waals surface area contributed by atoms with Crippen LogP contribution in [0.5, 0.6) is 5.75 Å². The topological polar surface area (TPSA) is 58.6 Å². The molecule has 0 spiro atoms. The van der Waals surface area contributed by atoms with E-state index < -0.39 is 6.04 Å². The van der Waals surface area contributed by atoms with Gasteiger partial charge in [0.15, 0.2) is 6.61 Å². The number of carbonyl (C=O) groups excluding carboxylic acids is 2. The molecule has 1 atom stereocenters. The molecule has 0 heterocycles. The number of benzene rings is 2. The average molecular weight is 530 g/mol. The number of amides is 2. The number of carbonyl (C=O) groups is 2. The fourth-order valence-electron chi connectivity index (χ4n) is 3.03. The molecule has 0 aliphatic rings. The Labute approximate surface area is 202 Å². The van der Waals surface area contributed by atoms with Gasteiger partial charge in [0.25, 0.3) is 5.91 Å². The number of ether oxygens (including phenoxy) is 1. The number of halogens is 3. The molecule has 5 nitrogen and oxygen atoms in total. The zero-order chi connectivity index (χ0) is 22.8. The standard InChI is InChI=1S/C23H27BrCl2N2O3/c1-3-5-12-27-23(30)20(4-2)28(14-16-6-8-17(25)9-7-16)22(29)15-31-21-11-10-18(26)13-19(21)24/h6-11,13,20H,3-5,12,14-15H2,1-2H3,(H,27,30)/t20-/m0/s1. The predicted octanol–water partition coefficient (Wildman–Crippen LogP) is 5.86. The van der Waals surface area contributed by atoms with Gasteiger partial charge >= 0.3 is 0 Å². The highest BCUT2D eigenvalue weighted by Gasteiger charge is 2.29. The van der Waals surface area contributed by atoms with Crippen molar-refractivity contribution in [1.29, 1.82) is 0 Å². The van der Waals surface area contributed by atoms with Gasteiger partial charge in [-0.3, -0.25) is 9.59 Å². The summed E-state index contributed by atoms with van der Waals surface area (Å²) < 4.78 is 6.37. The summed E-state index contributed by atoms with van der Waals surface area (Å²) in [6, 6.07) is 11.7. The maximum absolute atomic E-state index is 13.2. The van der Waals surface area contributed by atoms with Gasteiger partial charge in [0.2, 0.25) is 5.91 Å². The number of unbranched alkanes of at least 4 members (excludes halogenated alkanes) is 1. The molecule has 2 aromatic carbocycles. The van der Waals surface area contributed by atoms with Gasteiger partial charge in [-0.1, -0.05) is 55.6 Å². The molecule has 2 rings (SSSR count). The Hall–Kier alpha value is -1.76. The molecule has 2 amide bonds. The van der Waals surface area contributed by atoms with Gasteiger partial charge in [0.1, 0.15) is 11.8 Å². The maximum atomic E-state index is 13.2. The van der Waals surface area contributed by atoms with E-state index in [2.05, 4.69) is 28.2 Å². The van der Waals surface area contributed by atoms with E-state index in [1.807, 2.05) is 19.1 Å².